The molecule has 4 fully saturated rings. The van der Waals surface area contributed by atoms with Crippen LogP contribution in [0, 0.1) is 50.2 Å². The molecule has 1 N–H and O–H groups in total. The first kappa shape index (κ1) is 27.4. The first-order valence-corrected chi connectivity index (χ1v) is 14.8. The monoisotopic (exact) mass is 513 g/mol. The molecule has 1 unspecified atom stereocenters. The van der Waals surface area contributed by atoms with Gasteiger partial charge < -0.3 is 5.11 Å². The molecule has 1 amide bonds. The van der Waals surface area contributed by atoms with Crippen molar-refractivity contribution in [3.05, 3.63) is 11.6 Å². The molecule has 5 rings (SSSR count). The SMILES string of the molecule is CON(C)C(=O)[C@@]1(C)CC[C@]2(C)CC[C@]3(C)C(=CC(=O)[C@@H]4[C@@]5(C)CC[C@@H](O)C(C)(C)C5CC[C@]43C)[C@H]2C1. The van der Waals surface area contributed by atoms with Crippen LogP contribution in [0.1, 0.15) is 106 Å². The fourth-order valence-corrected chi connectivity index (χ4v) is 10.8. The molecule has 0 aromatic heterocycles. The molecular weight excluding hydrogens is 462 g/mol. The van der Waals surface area contributed by atoms with Crippen LogP contribution in [0.3, 0.4) is 0 Å². The molecule has 0 aromatic carbocycles. The highest BCUT2D eigenvalue weighted by atomic mass is 16.7. The van der Waals surface area contributed by atoms with Gasteiger partial charge in [-0.25, -0.2) is 5.06 Å². The maximum Gasteiger partial charge on any atom is 0.251 e. The number of amides is 1. The molecule has 9 atom stereocenters. The van der Waals surface area contributed by atoms with Crippen LogP contribution in [-0.4, -0.2) is 42.1 Å². The van der Waals surface area contributed by atoms with E-state index in [0.717, 1.165) is 57.8 Å². The highest BCUT2D eigenvalue weighted by Gasteiger charge is 2.70. The Labute approximate surface area is 224 Å². The molecule has 0 aliphatic heterocycles. The Hall–Kier alpha value is -1.20. The predicted molar refractivity (Wildman–Crippen MR) is 145 cm³/mol. The molecule has 0 heterocycles. The standard InChI is InChI=1S/C32H51NO4/c1-27(2)23-10-13-32(7)25(30(23,5)12-11-24(27)35)22(34)18-20-21-19-29(4,26(36)33(8)37-9)15-14-28(21,3)16-17-31(20,32)6/h18,21,23-25,35H,10-17,19H2,1-9H3/t21-,23?,24-,25-,28-,29+,30+,31-,32-/m1/s1. The van der Waals surface area contributed by atoms with E-state index in [1.165, 1.54) is 10.6 Å². The van der Waals surface area contributed by atoms with E-state index in [-0.39, 0.29) is 50.9 Å². The van der Waals surface area contributed by atoms with Gasteiger partial charge in [-0.1, -0.05) is 54.0 Å². The Morgan fingerprint density at radius 2 is 1.62 bits per heavy atom. The van der Waals surface area contributed by atoms with E-state index in [0.29, 0.717) is 11.7 Å². The Morgan fingerprint density at radius 1 is 0.973 bits per heavy atom. The minimum Gasteiger partial charge on any atom is -0.393 e. The second kappa shape index (κ2) is 8.16. The van der Waals surface area contributed by atoms with Gasteiger partial charge in [-0.05, 0) is 103 Å². The number of ketones is 1. The van der Waals surface area contributed by atoms with E-state index in [2.05, 4.69) is 54.5 Å². The lowest BCUT2D eigenvalue weighted by Gasteiger charge is -2.70. The lowest BCUT2D eigenvalue weighted by Crippen LogP contribution is -2.66. The fourth-order valence-electron chi connectivity index (χ4n) is 10.8. The number of aliphatic hydroxyl groups excluding tert-OH is 1. The van der Waals surface area contributed by atoms with Crippen molar-refractivity contribution >= 4 is 11.7 Å². The number of hydroxylamine groups is 2. The average Bonchev–Trinajstić information content (AvgIpc) is 2.83. The largest absolute Gasteiger partial charge is 0.393 e. The zero-order valence-electron chi connectivity index (χ0n) is 24.9. The number of hydrogen-bond donors (Lipinski definition) is 1. The summed E-state index contributed by atoms with van der Waals surface area (Å²) in [6, 6.07) is 0. The Bertz CT molecular complexity index is 1030. The molecule has 0 radical (unpaired) electrons. The van der Waals surface area contributed by atoms with Crippen molar-refractivity contribution < 1.29 is 19.5 Å². The molecule has 4 saturated carbocycles. The molecule has 0 aromatic rings. The van der Waals surface area contributed by atoms with E-state index < -0.39 is 5.41 Å². The molecule has 0 bridgehead atoms. The molecule has 37 heavy (non-hydrogen) atoms. The van der Waals surface area contributed by atoms with Crippen molar-refractivity contribution in [3.8, 4) is 0 Å². The van der Waals surface area contributed by atoms with Gasteiger partial charge in [0.05, 0.1) is 13.2 Å². The van der Waals surface area contributed by atoms with Gasteiger partial charge >= 0.3 is 0 Å². The summed E-state index contributed by atoms with van der Waals surface area (Å²) in [5, 5.41) is 12.3. The Balaban J connectivity index is 1.59. The van der Waals surface area contributed by atoms with Crippen LogP contribution in [0.25, 0.3) is 0 Å². The third-order valence-electron chi connectivity index (χ3n) is 13.6. The van der Waals surface area contributed by atoms with Gasteiger partial charge in [-0.15, -0.1) is 0 Å². The number of fused-ring (bicyclic) bond motifs is 7. The van der Waals surface area contributed by atoms with Crippen LogP contribution in [-0.2, 0) is 14.4 Å². The highest BCUT2D eigenvalue weighted by Crippen LogP contribution is 2.75. The quantitative estimate of drug-likeness (QED) is 0.437. The minimum absolute atomic E-state index is 0.0140. The smallest absolute Gasteiger partial charge is 0.251 e. The number of carbonyl (C=O) groups excluding carboxylic acids is 2. The summed E-state index contributed by atoms with van der Waals surface area (Å²) in [5.74, 6) is 0.924. The van der Waals surface area contributed by atoms with Gasteiger partial charge in [0.15, 0.2) is 5.78 Å². The number of hydrogen-bond acceptors (Lipinski definition) is 4. The third kappa shape index (κ3) is 3.41. The molecule has 5 heteroatoms. The number of aliphatic hydroxyl groups is 1. The zero-order valence-corrected chi connectivity index (χ0v) is 24.9. The van der Waals surface area contributed by atoms with Crippen LogP contribution in [0.15, 0.2) is 11.6 Å². The molecule has 5 nitrogen and oxygen atoms in total. The van der Waals surface area contributed by atoms with Crippen molar-refractivity contribution in [1.82, 2.24) is 5.06 Å². The maximum absolute atomic E-state index is 14.4. The van der Waals surface area contributed by atoms with Gasteiger partial charge in [-0.3, -0.25) is 14.4 Å². The highest BCUT2D eigenvalue weighted by molar-refractivity contribution is 5.95. The van der Waals surface area contributed by atoms with E-state index in [9.17, 15) is 14.7 Å². The van der Waals surface area contributed by atoms with E-state index >= 15 is 0 Å². The van der Waals surface area contributed by atoms with Crippen LogP contribution in [0.5, 0.6) is 0 Å². The van der Waals surface area contributed by atoms with Gasteiger partial charge in [0.25, 0.3) is 5.91 Å². The van der Waals surface area contributed by atoms with Crippen molar-refractivity contribution in [1.29, 1.82) is 0 Å². The lowest BCUT2D eigenvalue weighted by molar-refractivity contribution is -0.203. The maximum atomic E-state index is 14.4. The van der Waals surface area contributed by atoms with Crippen LogP contribution < -0.4 is 0 Å². The molecule has 208 valence electrons. The summed E-state index contributed by atoms with van der Waals surface area (Å²) in [6.45, 7) is 16.2. The first-order chi connectivity index (χ1) is 17.0. The summed E-state index contributed by atoms with van der Waals surface area (Å²) < 4.78 is 0. The van der Waals surface area contributed by atoms with Crippen LogP contribution in [0.2, 0.25) is 0 Å². The second-order valence-corrected chi connectivity index (χ2v) is 15.6. The van der Waals surface area contributed by atoms with Gasteiger partial charge in [-0.2, -0.15) is 0 Å². The summed E-state index contributed by atoms with van der Waals surface area (Å²) in [7, 11) is 3.26. The predicted octanol–water partition coefficient (Wildman–Crippen LogP) is 6.35. The topological polar surface area (TPSA) is 66.8 Å². The zero-order chi connectivity index (χ0) is 27.4. The van der Waals surface area contributed by atoms with Crippen molar-refractivity contribution in [2.75, 3.05) is 14.2 Å². The number of nitrogens with zero attached hydrogens (tertiary/aromatic N) is 1. The third-order valence-corrected chi connectivity index (χ3v) is 13.6. The molecule has 5 aliphatic carbocycles. The summed E-state index contributed by atoms with van der Waals surface area (Å²) >= 11 is 0. The normalized spacial score (nSPS) is 50.6. The van der Waals surface area contributed by atoms with Crippen LogP contribution in [0.4, 0.5) is 0 Å². The molecular formula is C32H51NO4. The Kier molecular flexibility index (Phi) is 6.04. The van der Waals surface area contributed by atoms with Crippen molar-refractivity contribution in [2.45, 2.75) is 112 Å². The number of rotatable bonds is 2. The number of carbonyl (C=O) groups is 2. The van der Waals surface area contributed by atoms with Crippen molar-refractivity contribution in [3.63, 3.8) is 0 Å². The molecule has 5 aliphatic rings. The number of allylic oxidation sites excluding steroid dienone is 2. The summed E-state index contributed by atoms with van der Waals surface area (Å²) in [4.78, 5) is 33.1. The van der Waals surface area contributed by atoms with Gasteiger partial charge in [0, 0.05) is 18.4 Å². The fraction of sp³-hybridized carbons (Fsp3) is 0.875. The van der Waals surface area contributed by atoms with E-state index in [4.69, 9.17) is 4.84 Å². The summed E-state index contributed by atoms with van der Waals surface area (Å²) in [5.41, 5.74) is 0.528. The van der Waals surface area contributed by atoms with E-state index in [1.54, 1.807) is 14.2 Å². The lowest BCUT2D eigenvalue weighted by atomic mass is 9.33. The minimum atomic E-state index is -0.484. The summed E-state index contributed by atoms with van der Waals surface area (Å²) in [6.07, 6.45) is 10.5. The van der Waals surface area contributed by atoms with E-state index in [1.807, 2.05) is 0 Å². The average molecular weight is 514 g/mol. The van der Waals surface area contributed by atoms with Gasteiger partial charge in [0.1, 0.15) is 0 Å². The second-order valence-electron chi connectivity index (χ2n) is 15.6. The molecule has 0 saturated heterocycles. The first-order valence-electron chi connectivity index (χ1n) is 14.8. The van der Waals surface area contributed by atoms with Crippen molar-refractivity contribution in [2.24, 2.45) is 50.2 Å². The Morgan fingerprint density at radius 3 is 2.27 bits per heavy atom. The van der Waals surface area contributed by atoms with Crippen LogP contribution >= 0.6 is 0 Å². The van der Waals surface area contributed by atoms with Gasteiger partial charge in [0.2, 0.25) is 0 Å². The molecule has 0 spiro atoms.